The molecular formula is C10H17ClN2. The molecule has 13 heavy (non-hydrogen) atoms. The average molecular weight is 201 g/mol. The van der Waals surface area contributed by atoms with Crippen molar-refractivity contribution in [2.24, 2.45) is 5.84 Å². The lowest BCUT2D eigenvalue weighted by molar-refractivity contribution is 0.726. The van der Waals surface area contributed by atoms with Gasteiger partial charge in [-0.05, 0) is 31.4 Å². The molecule has 0 bridgehead atoms. The van der Waals surface area contributed by atoms with Gasteiger partial charge in [-0.1, -0.05) is 23.8 Å². The zero-order valence-electron chi connectivity index (χ0n) is 8.13. The Hall–Kier alpha value is -0.570. The van der Waals surface area contributed by atoms with E-state index in [1.165, 1.54) is 16.7 Å². The molecule has 0 radical (unpaired) electrons. The van der Waals surface area contributed by atoms with Crippen molar-refractivity contribution in [2.45, 2.75) is 20.3 Å². The highest BCUT2D eigenvalue weighted by Crippen LogP contribution is 2.10. The monoisotopic (exact) mass is 200 g/mol. The largest absolute Gasteiger partial charge is 0.271 e. The van der Waals surface area contributed by atoms with Gasteiger partial charge in [0.25, 0.3) is 0 Å². The van der Waals surface area contributed by atoms with E-state index in [1.807, 2.05) is 0 Å². The summed E-state index contributed by atoms with van der Waals surface area (Å²) in [6.07, 6.45) is 1.00. The number of hydrogen-bond donors (Lipinski definition) is 2. The van der Waals surface area contributed by atoms with E-state index in [9.17, 15) is 0 Å². The smallest absolute Gasteiger partial charge is 0.0138 e. The average Bonchev–Trinajstić information content (AvgIpc) is 2.07. The van der Waals surface area contributed by atoms with E-state index < -0.39 is 0 Å². The maximum atomic E-state index is 5.21. The molecule has 1 rings (SSSR count). The SMILES string of the molecule is Cc1ccc(C)c(CCNN)c1.Cl. The van der Waals surface area contributed by atoms with Gasteiger partial charge < -0.3 is 0 Å². The first-order chi connectivity index (χ1) is 5.74. The lowest BCUT2D eigenvalue weighted by atomic mass is 10.0. The van der Waals surface area contributed by atoms with Crippen molar-refractivity contribution in [2.75, 3.05) is 6.54 Å². The summed E-state index contributed by atoms with van der Waals surface area (Å²) in [7, 11) is 0. The molecule has 0 aromatic heterocycles. The Morgan fingerprint density at radius 2 is 2.00 bits per heavy atom. The highest BCUT2D eigenvalue weighted by atomic mass is 35.5. The first-order valence-corrected chi connectivity index (χ1v) is 4.23. The molecule has 1 aromatic carbocycles. The fourth-order valence-corrected chi connectivity index (χ4v) is 1.28. The standard InChI is InChI=1S/C10H16N2.ClH/c1-8-3-4-9(2)10(7-8)5-6-12-11;/h3-4,7,12H,5-6,11H2,1-2H3;1H. The van der Waals surface area contributed by atoms with Gasteiger partial charge in [0, 0.05) is 6.54 Å². The van der Waals surface area contributed by atoms with Gasteiger partial charge in [-0.3, -0.25) is 11.3 Å². The van der Waals surface area contributed by atoms with E-state index in [1.54, 1.807) is 0 Å². The van der Waals surface area contributed by atoms with E-state index in [-0.39, 0.29) is 12.4 Å². The number of rotatable bonds is 3. The Morgan fingerprint density at radius 3 is 2.62 bits per heavy atom. The van der Waals surface area contributed by atoms with Crippen LogP contribution in [0.15, 0.2) is 18.2 Å². The topological polar surface area (TPSA) is 38.0 Å². The van der Waals surface area contributed by atoms with Crippen LogP contribution >= 0.6 is 12.4 Å². The fraction of sp³-hybridized carbons (Fsp3) is 0.400. The second-order valence-corrected chi connectivity index (χ2v) is 3.13. The van der Waals surface area contributed by atoms with Crippen molar-refractivity contribution in [3.05, 3.63) is 34.9 Å². The number of benzene rings is 1. The van der Waals surface area contributed by atoms with Crippen LogP contribution in [-0.2, 0) is 6.42 Å². The van der Waals surface area contributed by atoms with E-state index in [0.717, 1.165) is 13.0 Å². The molecule has 0 fully saturated rings. The number of halogens is 1. The normalized spacial score (nSPS) is 9.46. The van der Waals surface area contributed by atoms with Gasteiger partial charge in [-0.15, -0.1) is 12.4 Å². The molecule has 1 aromatic rings. The van der Waals surface area contributed by atoms with Crippen molar-refractivity contribution in [1.82, 2.24) is 5.43 Å². The van der Waals surface area contributed by atoms with Crippen LogP contribution in [0.4, 0.5) is 0 Å². The van der Waals surface area contributed by atoms with Crippen LogP contribution in [0.5, 0.6) is 0 Å². The molecule has 0 aliphatic heterocycles. The summed E-state index contributed by atoms with van der Waals surface area (Å²) < 4.78 is 0. The third-order valence-electron chi connectivity index (χ3n) is 2.04. The van der Waals surface area contributed by atoms with E-state index in [4.69, 9.17) is 5.84 Å². The van der Waals surface area contributed by atoms with E-state index >= 15 is 0 Å². The molecule has 0 aliphatic rings. The Kier molecular flexibility index (Phi) is 5.71. The van der Waals surface area contributed by atoms with Crippen LogP contribution in [0.25, 0.3) is 0 Å². The lowest BCUT2D eigenvalue weighted by Crippen LogP contribution is -2.24. The number of aryl methyl sites for hydroxylation is 2. The lowest BCUT2D eigenvalue weighted by Gasteiger charge is -2.05. The van der Waals surface area contributed by atoms with Crippen LogP contribution in [0.3, 0.4) is 0 Å². The van der Waals surface area contributed by atoms with Gasteiger partial charge in [0.1, 0.15) is 0 Å². The highest BCUT2D eigenvalue weighted by molar-refractivity contribution is 5.85. The molecule has 0 heterocycles. The fourth-order valence-electron chi connectivity index (χ4n) is 1.28. The molecule has 3 heteroatoms. The van der Waals surface area contributed by atoms with E-state index in [0.29, 0.717) is 0 Å². The molecule has 0 saturated heterocycles. The predicted molar refractivity (Wildman–Crippen MR) is 59.1 cm³/mol. The van der Waals surface area contributed by atoms with Gasteiger partial charge in [0.05, 0.1) is 0 Å². The second-order valence-electron chi connectivity index (χ2n) is 3.13. The van der Waals surface area contributed by atoms with Crippen molar-refractivity contribution >= 4 is 12.4 Å². The van der Waals surface area contributed by atoms with Gasteiger partial charge >= 0.3 is 0 Å². The number of nitrogens with two attached hydrogens (primary N) is 1. The van der Waals surface area contributed by atoms with Crippen LogP contribution in [0, 0.1) is 13.8 Å². The van der Waals surface area contributed by atoms with Crippen molar-refractivity contribution in [3.63, 3.8) is 0 Å². The number of hydrazine groups is 1. The molecule has 0 atom stereocenters. The molecule has 0 amide bonds. The Bertz CT molecular complexity index is 261. The Balaban J connectivity index is 0.00000144. The molecule has 0 unspecified atom stereocenters. The summed E-state index contributed by atoms with van der Waals surface area (Å²) in [5, 5.41) is 0. The molecule has 3 N–H and O–H groups in total. The van der Waals surface area contributed by atoms with Gasteiger partial charge in [0.15, 0.2) is 0 Å². The zero-order valence-corrected chi connectivity index (χ0v) is 8.95. The minimum Gasteiger partial charge on any atom is -0.271 e. The maximum Gasteiger partial charge on any atom is 0.0138 e. The summed E-state index contributed by atoms with van der Waals surface area (Å²) in [5.74, 6) is 5.21. The minimum absolute atomic E-state index is 0. The summed E-state index contributed by atoms with van der Waals surface area (Å²) in [5.41, 5.74) is 6.70. The van der Waals surface area contributed by atoms with Gasteiger partial charge in [-0.25, -0.2) is 0 Å². The van der Waals surface area contributed by atoms with Gasteiger partial charge in [-0.2, -0.15) is 0 Å². The first kappa shape index (κ1) is 12.4. The van der Waals surface area contributed by atoms with Gasteiger partial charge in [0.2, 0.25) is 0 Å². The van der Waals surface area contributed by atoms with Crippen molar-refractivity contribution in [1.29, 1.82) is 0 Å². The minimum atomic E-state index is 0. The summed E-state index contributed by atoms with van der Waals surface area (Å²) in [6, 6.07) is 6.50. The summed E-state index contributed by atoms with van der Waals surface area (Å²) in [6.45, 7) is 5.08. The summed E-state index contributed by atoms with van der Waals surface area (Å²) >= 11 is 0. The third kappa shape index (κ3) is 3.77. The molecule has 74 valence electrons. The molecule has 0 saturated carbocycles. The molecule has 0 aliphatic carbocycles. The maximum absolute atomic E-state index is 5.21. The van der Waals surface area contributed by atoms with Crippen LogP contribution in [0.2, 0.25) is 0 Å². The zero-order chi connectivity index (χ0) is 8.97. The number of hydrogen-bond acceptors (Lipinski definition) is 2. The van der Waals surface area contributed by atoms with Crippen LogP contribution in [-0.4, -0.2) is 6.54 Å². The third-order valence-corrected chi connectivity index (χ3v) is 2.04. The molecule has 0 spiro atoms. The quantitative estimate of drug-likeness (QED) is 0.576. The number of nitrogens with one attached hydrogen (secondary N) is 1. The Labute approximate surface area is 85.9 Å². The highest BCUT2D eigenvalue weighted by Gasteiger charge is 1.96. The van der Waals surface area contributed by atoms with Crippen LogP contribution < -0.4 is 11.3 Å². The van der Waals surface area contributed by atoms with Crippen molar-refractivity contribution < 1.29 is 0 Å². The van der Waals surface area contributed by atoms with Crippen LogP contribution in [0.1, 0.15) is 16.7 Å². The Morgan fingerprint density at radius 1 is 1.31 bits per heavy atom. The van der Waals surface area contributed by atoms with Crippen molar-refractivity contribution in [3.8, 4) is 0 Å². The first-order valence-electron chi connectivity index (χ1n) is 4.23. The molecule has 2 nitrogen and oxygen atoms in total. The summed E-state index contributed by atoms with van der Waals surface area (Å²) in [4.78, 5) is 0. The van der Waals surface area contributed by atoms with E-state index in [2.05, 4.69) is 37.5 Å². The molecular weight excluding hydrogens is 184 g/mol. The predicted octanol–water partition coefficient (Wildman–Crippen LogP) is 1.73. The second kappa shape index (κ2) is 5.97.